The number of hydrogen-bond acceptors (Lipinski definition) is 5. The molecule has 0 aliphatic heterocycles. The van der Waals surface area contributed by atoms with Crippen molar-refractivity contribution in [2.24, 2.45) is 7.05 Å². The van der Waals surface area contributed by atoms with E-state index in [4.69, 9.17) is 4.74 Å². The Labute approximate surface area is 125 Å². The van der Waals surface area contributed by atoms with Crippen molar-refractivity contribution in [3.63, 3.8) is 0 Å². The molecule has 1 heterocycles. The van der Waals surface area contributed by atoms with Crippen molar-refractivity contribution in [2.45, 2.75) is 17.3 Å². The molecule has 0 aliphatic rings. The molecule has 2 aromatic rings. The number of anilines is 1. The Morgan fingerprint density at radius 3 is 2.81 bits per heavy atom. The van der Waals surface area contributed by atoms with Gasteiger partial charge in [-0.3, -0.25) is 9.36 Å². The average molecular weight is 308 g/mol. The Morgan fingerprint density at radius 1 is 1.48 bits per heavy atom. The number of carbonyl (C=O) groups excluding carboxylic acids is 1. The normalized spacial score (nSPS) is 12.0. The maximum absolute atomic E-state index is 12.2. The summed E-state index contributed by atoms with van der Waals surface area (Å²) in [5.41, 5.74) is 0.295. The van der Waals surface area contributed by atoms with Crippen LogP contribution in [-0.2, 0) is 11.8 Å². The average Bonchev–Trinajstić information content (AvgIpc) is 2.79. The quantitative estimate of drug-likeness (QED) is 0.811. The molecule has 1 atom stereocenters. The number of ether oxygens (including phenoxy) is 1. The van der Waals surface area contributed by atoms with Crippen LogP contribution in [0, 0.1) is 0 Å². The number of benzene rings is 1. The molecule has 0 unspecified atom stereocenters. The van der Waals surface area contributed by atoms with Crippen molar-refractivity contribution >= 4 is 23.4 Å². The van der Waals surface area contributed by atoms with E-state index in [2.05, 4.69) is 15.5 Å². The van der Waals surface area contributed by atoms with E-state index >= 15 is 0 Å². The van der Waals surface area contributed by atoms with Gasteiger partial charge in [-0.1, -0.05) is 23.9 Å². The SMILES string of the molecule is COc1ccccc1NC(=O)[C@@H](C)Sc1n[nH]c(=O)n1C. The second kappa shape index (κ2) is 6.49. The van der Waals surface area contributed by atoms with Gasteiger partial charge in [0, 0.05) is 7.05 Å². The smallest absolute Gasteiger partial charge is 0.343 e. The minimum absolute atomic E-state index is 0.194. The number of rotatable bonds is 5. The first kappa shape index (κ1) is 15.2. The molecule has 0 radical (unpaired) electrons. The number of methoxy groups -OCH3 is 1. The van der Waals surface area contributed by atoms with Gasteiger partial charge in [0.1, 0.15) is 5.75 Å². The molecule has 0 spiro atoms. The Morgan fingerprint density at radius 2 is 2.19 bits per heavy atom. The summed E-state index contributed by atoms with van der Waals surface area (Å²) in [5.74, 6) is 0.398. The monoisotopic (exact) mass is 308 g/mol. The number of nitrogens with zero attached hydrogens (tertiary/aromatic N) is 2. The van der Waals surface area contributed by atoms with Gasteiger partial charge in [0.05, 0.1) is 18.0 Å². The Bertz CT molecular complexity index is 695. The molecular weight excluding hydrogens is 292 g/mol. The largest absolute Gasteiger partial charge is 0.495 e. The summed E-state index contributed by atoms with van der Waals surface area (Å²) in [7, 11) is 3.14. The fraction of sp³-hybridized carbons (Fsp3) is 0.308. The third-order valence-electron chi connectivity index (χ3n) is 2.86. The van der Waals surface area contributed by atoms with Crippen LogP contribution in [0.1, 0.15) is 6.92 Å². The van der Waals surface area contributed by atoms with E-state index in [-0.39, 0.29) is 11.6 Å². The first-order valence-corrected chi connectivity index (χ1v) is 7.13. The summed E-state index contributed by atoms with van der Waals surface area (Å²) >= 11 is 1.20. The van der Waals surface area contributed by atoms with Gasteiger partial charge in [-0.25, -0.2) is 9.89 Å². The van der Waals surface area contributed by atoms with E-state index in [1.54, 1.807) is 33.2 Å². The first-order valence-electron chi connectivity index (χ1n) is 6.25. The van der Waals surface area contributed by atoms with E-state index in [9.17, 15) is 9.59 Å². The molecule has 1 aromatic carbocycles. The van der Waals surface area contributed by atoms with Crippen LogP contribution in [0.4, 0.5) is 5.69 Å². The molecule has 112 valence electrons. The lowest BCUT2D eigenvalue weighted by Crippen LogP contribution is -2.23. The van der Waals surface area contributed by atoms with Crippen molar-refractivity contribution in [3.05, 3.63) is 34.7 Å². The van der Waals surface area contributed by atoms with Gasteiger partial charge in [0.15, 0.2) is 5.16 Å². The number of carbonyl (C=O) groups is 1. The highest BCUT2D eigenvalue weighted by Crippen LogP contribution is 2.25. The molecule has 0 saturated heterocycles. The molecule has 21 heavy (non-hydrogen) atoms. The predicted octanol–water partition coefficient (Wildman–Crippen LogP) is 1.24. The number of hydrogen-bond donors (Lipinski definition) is 2. The minimum Gasteiger partial charge on any atom is -0.495 e. The van der Waals surface area contributed by atoms with E-state index in [1.165, 1.54) is 16.3 Å². The molecular formula is C13H16N4O3S. The lowest BCUT2D eigenvalue weighted by molar-refractivity contribution is -0.115. The second-order valence-electron chi connectivity index (χ2n) is 4.32. The number of para-hydroxylation sites is 2. The van der Waals surface area contributed by atoms with Gasteiger partial charge in [-0.15, -0.1) is 5.10 Å². The van der Waals surface area contributed by atoms with Crippen molar-refractivity contribution < 1.29 is 9.53 Å². The molecule has 2 N–H and O–H groups in total. The van der Waals surface area contributed by atoms with Gasteiger partial charge in [-0.05, 0) is 19.1 Å². The number of aromatic nitrogens is 3. The van der Waals surface area contributed by atoms with Gasteiger partial charge in [-0.2, -0.15) is 0 Å². The topological polar surface area (TPSA) is 89.0 Å². The predicted molar refractivity (Wildman–Crippen MR) is 80.8 cm³/mol. The van der Waals surface area contributed by atoms with Crippen molar-refractivity contribution in [3.8, 4) is 5.75 Å². The maximum Gasteiger partial charge on any atom is 0.343 e. The number of H-pyrrole nitrogens is 1. The minimum atomic E-state index is -0.413. The molecule has 2 rings (SSSR count). The summed E-state index contributed by atoms with van der Waals surface area (Å²) in [6, 6.07) is 7.17. The van der Waals surface area contributed by atoms with Crippen LogP contribution in [0.5, 0.6) is 5.75 Å². The first-order chi connectivity index (χ1) is 10.0. The van der Waals surface area contributed by atoms with Gasteiger partial charge in [0.2, 0.25) is 5.91 Å². The summed E-state index contributed by atoms with van der Waals surface area (Å²) in [6.45, 7) is 1.74. The molecule has 8 heteroatoms. The summed E-state index contributed by atoms with van der Waals surface area (Å²) in [6.07, 6.45) is 0. The van der Waals surface area contributed by atoms with Crippen molar-refractivity contribution in [1.82, 2.24) is 14.8 Å². The zero-order valence-electron chi connectivity index (χ0n) is 11.9. The fourth-order valence-corrected chi connectivity index (χ4v) is 2.45. The van der Waals surface area contributed by atoms with Crippen LogP contribution in [-0.4, -0.2) is 33.0 Å². The highest BCUT2D eigenvalue weighted by molar-refractivity contribution is 8.00. The summed E-state index contributed by atoms with van der Waals surface area (Å²) in [4.78, 5) is 23.5. The zero-order chi connectivity index (χ0) is 15.4. The Kier molecular flexibility index (Phi) is 4.69. The van der Waals surface area contributed by atoms with E-state index in [1.807, 2.05) is 12.1 Å². The van der Waals surface area contributed by atoms with Crippen LogP contribution in [0.25, 0.3) is 0 Å². The molecule has 1 amide bonds. The highest BCUT2D eigenvalue weighted by Gasteiger charge is 2.19. The van der Waals surface area contributed by atoms with Crippen LogP contribution >= 0.6 is 11.8 Å². The third kappa shape index (κ3) is 3.46. The van der Waals surface area contributed by atoms with Crippen LogP contribution in [0.3, 0.4) is 0 Å². The molecule has 0 saturated carbocycles. The second-order valence-corrected chi connectivity index (χ2v) is 5.63. The number of thioether (sulfide) groups is 1. The Hall–Kier alpha value is -2.22. The summed E-state index contributed by atoms with van der Waals surface area (Å²) < 4.78 is 6.54. The number of nitrogens with one attached hydrogen (secondary N) is 2. The highest BCUT2D eigenvalue weighted by atomic mass is 32.2. The van der Waals surface area contributed by atoms with E-state index in [0.717, 1.165) is 0 Å². The molecule has 1 aromatic heterocycles. The van der Waals surface area contributed by atoms with Gasteiger partial charge >= 0.3 is 5.69 Å². The summed E-state index contributed by atoms with van der Waals surface area (Å²) in [5, 5.41) is 9.04. The lowest BCUT2D eigenvalue weighted by atomic mass is 10.3. The molecule has 0 aliphatic carbocycles. The number of aromatic amines is 1. The standard InChI is InChI=1S/C13H16N4O3S/c1-8(21-13-16-15-12(19)17(13)2)11(18)14-9-6-4-5-7-10(9)20-3/h4-8H,1-3H3,(H,14,18)(H,15,19)/t8-/m1/s1. The van der Waals surface area contributed by atoms with E-state index < -0.39 is 5.25 Å². The zero-order valence-corrected chi connectivity index (χ0v) is 12.7. The molecule has 7 nitrogen and oxygen atoms in total. The lowest BCUT2D eigenvalue weighted by Gasteiger charge is -2.13. The van der Waals surface area contributed by atoms with E-state index in [0.29, 0.717) is 16.6 Å². The maximum atomic E-state index is 12.2. The molecule has 0 bridgehead atoms. The van der Waals surface area contributed by atoms with Crippen LogP contribution < -0.4 is 15.7 Å². The van der Waals surface area contributed by atoms with Crippen molar-refractivity contribution in [1.29, 1.82) is 0 Å². The van der Waals surface area contributed by atoms with Gasteiger partial charge in [0.25, 0.3) is 0 Å². The fourth-order valence-electron chi connectivity index (χ4n) is 1.63. The van der Waals surface area contributed by atoms with Crippen LogP contribution in [0.2, 0.25) is 0 Å². The van der Waals surface area contributed by atoms with Crippen molar-refractivity contribution in [2.75, 3.05) is 12.4 Å². The molecule has 0 fully saturated rings. The number of amides is 1. The van der Waals surface area contributed by atoms with Gasteiger partial charge < -0.3 is 10.1 Å². The Balaban J connectivity index is 2.06. The van der Waals surface area contributed by atoms with Crippen LogP contribution in [0.15, 0.2) is 34.2 Å². The third-order valence-corrected chi connectivity index (χ3v) is 4.00.